The van der Waals surface area contributed by atoms with E-state index in [9.17, 15) is 29.7 Å². The van der Waals surface area contributed by atoms with Crippen LogP contribution in [0.1, 0.15) is 51.4 Å². The minimum atomic E-state index is -1.49. The molecule has 0 spiro atoms. The van der Waals surface area contributed by atoms with E-state index in [2.05, 4.69) is 0 Å². The SMILES string of the molecule is O=C(O)CN(CCN(CC(=O)O)CC(=O)O)CCN(CCCC1CCCCCC1)CC(O)O. The summed E-state index contributed by atoms with van der Waals surface area (Å²) in [7, 11) is 0. The number of carboxylic acids is 3. The van der Waals surface area contributed by atoms with Crippen molar-refractivity contribution in [2.75, 3.05) is 58.9 Å². The first-order valence-electron chi connectivity index (χ1n) is 11.8. The molecule has 1 aliphatic carbocycles. The van der Waals surface area contributed by atoms with Crippen LogP contribution in [0.15, 0.2) is 0 Å². The van der Waals surface area contributed by atoms with Crippen molar-refractivity contribution in [2.24, 2.45) is 5.92 Å². The number of aliphatic carboxylic acids is 3. The van der Waals surface area contributed by atoms with Crippen molar-refractivity contribution in [3.05, 3.63) is 0 Å². The molecule has 5 N–H and O–H groups in total. The molecule has 0 radical (unpaired) electrons. The molecule has 0 bridgehead atoms. The van der Waals surface area contributed by atoms with Gasteiger partial charge >= 0.3 is 17.9 Å². The van der Waals surface area contributed by atoms with Gasteiger partial charge in [-0.25, -0.2) is 0 Å². The monoisotopic (exact) mass is 475 g/mol. The Bertz CT molecular complexity index is 566. The molecule has 0 aromatic rings. The third kappa shape index (κ3) is 15.6. The third-order valence-electron chi connectivity index (χ3n) is 6.02. The molecule has 192 valence electrons. The first-order chi connectivity index (χ1) is 15.7. The second-order valence-electron chi connectivity index (χ2n) is 8.95. The number of nitrogens with zero attached hydrogens (tertiary/aromatic N) is 3. The van der Waals surface area contributed by atoms with Gasteiger partial charge in [-0.3, -0.25) is 29.1 Å². The molecule has 0 amide bonds. The fourth-order valence-electron chi connectivity index (χ4n) is 4.40. The fraction of sp³-hybridized carbons (Fsp3) is 0.864. The Balaban J connectivity index is 2.58. The van der Waals surface area contributed by atoms with Crippen molar-refractivity contribution >= 4 is 17.9 Å². The standard InChI is InChI=1S/C22H41N3O8/c26-19(27)14-23(9-5-8-18-6-3-1-2-4-7-18)10-11-24(15-20(28)29)12-13-25(16-21(30)31)17-22(32)33/h18-19,26-27H,1-17H2,(H,28,29)(H,30,31)(H,32,33). The first-order valence-corrected chi connectivity index (χ1v) is 11.8. The number of aliphatic hydroxyl groups is 2. The summed E-state index contributed by atoms with van der Waals surface area (Å²) in [5, 5.41) is 46.1. The zero-order valence-electron chi connectivity index (χ0n) is 19.5. The van der Waals surface area contributed by atoms with E-state index < -0.39 is 37.3 Å². The van der Waals surface area contributed by atoms with Gasteiger partial charge in [0.05, 0.1) is 19.6 Å². The smallest absolute Gasteiger partial charge is 0.317 e. The second-order valence-corrected chi connectivity index (χ2v) is 8.95. The molecule has 0 unspecified atom stereocenters. The molecule has 1 aliphatic rings. The summed E-state index contributed by atoms with van der Waals surface area (Å²) in [5.74, 6) is -2.64. The molecule has 1 saturated carbocycles. The van der Waals surface area contributed by atoms with Crippen LogP contribution in [0.4, 0.5) is 0 Å². The molecule has 1 rings (SSSR count). The quantitative estimate of drug-likeness (QED) is 0.136. The van der Waals surface area contributed by atoms with Gasteiger partial charge < -0.3 is 25.5 Å². The van der Waals surface area contributed by atoms with Crippen molar-refractivity contribution in [3.63, 3.8) is 0 Å². The van der Waals surface area contributed by atoms with Crippen LogP contribution in [0, 0.1) is 5.92 Å². The summed E-state index contributed by atoms with van der Waals surface area (Å²) in [4.78, 5) is 38.0. The van der Waals surface area contributed by atoms with E-state index >= 15 is 0 Å². The molecule has 0 saturated heterocycles. The molecule has 1 fully saturated rings. The van der Waals surface area contributed by atoms with Crippen LogP contribution < -0.4 is 0 Å². The van der Waals surface area contributed by atoms with Crippen LogP contribution in [-0.4, -0.2) is 123 Å². The molecule has 0 aromatic carbocycles. The summed E-state index contributed by atoms with van der Waals surface area (Å²) in [6.45, 7) is 0.611. The summed E-state index contributed by atoms with van der Waals surface area (Å²) in [5.41, 5.74) is 0. The highest BCUT2D eigenvalue weighted by molar-refractivity contribution is 5.72. The lowest BCUT2D eigenvalue weighted by atomic mass is 9.95. The predicted molar refractivity (Wildman–Crippen MR) is 121 cm³/mol. The topological polar surface area (TPSA) is 162 Å². The maximum Gasteiger partial charge on any atom is 0.317 e. The van der Waals surface area contributed by atoms with Gasteiger partial charge in [-0.05, 0) is 25.3 Å². The van der Waals surface area contributed by atoms with Gasteiger partial charge in [-0.1, -0.05) is 38.5 Å². The Morgan fingerprint density at radius 1 is 0.667 bits per heavy atom. The highest BCUT2D eigenvalue weighted by Crippen LogP contribution is 2.26. The minimum Gasteiger partial charge on any atom is -0.480 e. The number of hydrogen-bond acceptors (Lipinski definition) is 8. The Kier molecular flexibility index (Phi) is 14.9. The van der Waals surface area contributed by atoms with Gasteiger partial charge in [0.25, 0.3) is 0 Å². The molecule has 11 heteroatoms. The minimum absolute atomic E-state index is 0.0652. The lowest BCUT2D eigenvalue weighted by Crippen LogP contribution is -2.45. The van der Waals surface area contributed by atoms with Crippen LogP contribution in [-0.2, 0) is 14.4 Å². The average Bonchev–Trinajstić information content (AvgIpc) is 2.96. The predicted octanol–water partition coefficient (Wildman–Crippen LogP) is 0.208. The van der Waals surface area contributed by atoms with Crippen molar-refractivity contribution < 1.29 is 39.9 Å². The number of aliphatic hydroxyl groups excluding tert-OH is 1. The third-order valence-corrected chi connectivity index (χ3v) is 6.02. The van der Waals surface area contributed by atoms with Crippen LogP contribution in [0.3, 0.4) is 0 Å². The van der Waals surface area contributed by atoms with Gasteiger partial charge in [-0.15, -0.1) is 0 Å². The van der Waals surface area contributed by atoms with Gasteiger partial charge in [0.1, 0.15) is 0 Å². The van der Waals surface area contributed by atoms with Crippen molar-refractivity contribution in [3.8, 4) is 0 Å². The normalized spacial score (nSPS) is 15.5. The average molecular weight is 476 g/mol. The number of carboxylic acid groups (broad SMARTS) is 3. The number of rotatable bonds is 18. The molecule has 11 nitrogen and oxygen atoms in total. The van der Waals surface area contributed by atoms with E-state index in [0.717, 1.165) is 12.8 Å². The molecule has 0 atom stereocenters. The van der Waals surface area contributed by atoms with E-state index in [1.54, 1.807) is 4.90 Å². The van der Waals surface area contributed by atoms with E-state index in [1.807, 2.05) is 4.90 Å². The molecule has 0 aromatic heterocycles. The summed E-state index contributed by atoms with van der Waals surface area (Å²) in [6.07, 6.45) is 8.18. The summed E-state index contributed by atoms with van der Waals surface area (Å²) in [6, 6.07) is 0. The zero-order chi connectivity index (χ0) is 24.6. The molecule has 33 heavy (non-hydrogen) atoms. The van der Waals surface area contributed by atoms with Crippen LogP contribution in [0.5, 0.6) is 0 Å². The molecule has 0 aliphatic heterocycles. The van der Waals surface area contributed by atoms with Crippen molar-refractivity contribution in [2.45, 2.75) is 57.7 Å². The Morgan fingerprint density at radius 2 is 1.12 bits per heavy atom. The maximum atomic E-state index is 11.3. The molecular formula is C22H41N3O8. The van der Waals surface area contributed by atoms with Crippen molar-refractivity contribution in [1.29, 1.82) is 0 Å². The molecule has 0 heterocycles. The highest BCUT2D eigenvalue weighted by atomic mass is 16.5. The van der Waals surface area contributed by atoms with Gasteiger partial charge in [0.15, 0.2) is 6.29 Å². The highest BCUT2D eigenvalue weighted by Gasteiger charge is 2.19. The van der Waals surface area contributed by atoms with Gasteiger partial charge in [0.2, 0.25) is 0 Å². The van der Waals surface area contributed by atoms with Crippen LogP contribution >= 0.6 is 0 Å². The van der Waals surface area contributed by atoms with E-state index in [1.165, 1.54) is 43.4 Å². The largest absolute Gasteiger partial charge is 0.480 e. The lowest BCUT2D eigenvalue weighted by molar-refractivity contribution is -0.143. The first kappa shape index (κ1) is 29.2. The summed E-state index contributed by atoms with van der Waals surface area (Å²) >= 11 is 0. The van der Waals surface area contributed by atoms with E-state index in [0.29, 0.717) is 25.6 Å². The van der Waals surface area contributed by atoms with E-state index in [-0.39, 0.29) is 26.2 Å². The number of carbonyl (C=O) groups is 3. The van der Waals surface area contributed by atoms with Crippen molar-refractivity contribution in [1.82, 2.24) is 14.7 Å². The Hall–Kier alpha value is -1.79. The second kappa shape index (κ2) is 16.8. The van der Waals surface area contributed by atoms with Crippen LogP contribution in [0.25, 0.3) is 0 Å². The van der Waals surface area contributed by atoms with Crippen LogP contribution in [0.2, 0.25) is 0 Å². The van der Waals surface area contributed by atoms with Gasteiger partial charge in [0, 0.05) is 32.7 Å². The maximum absolute atomic E-state index is 11.3. The molecular weight excluding hydrogens is 434 g/mol. The van der Waals surface area contributed by atoms with E-state index in [4.69, 9.17) is 10.2 Å². The lowest BCUT2D eigenvalue weighted by Gasteiger charge is -2.29. The van der Waals surface area contributed by atoms with Gasteiger partial charge in [-0.2, -0.15) is 0 Å². The number of hydrogen-bond donors (Lipinski definition) is 5. The zero-order valence-corrected chi connectivity index (χ0v) is 19.5. The Morgan fingerprint density at radius 3 is 1.61 bits per heavy atom. The Labute approximate surface area is 195 Å². The summed E-state index contributed by atoms with van der Waals surface area (Å²) < 4.78 is 0. The fourth-order valence-corrected chi connectivity index (χ4v) is 4.40.